The number of amides is 1. The third-order valence-electron chi connectivity index (χ3n) is 8.63. The van der Waals surface area contributed by atoms with Gasteiger partial charge in [-0.15, -0.1) is 0 Å². The molecule has 3 aliphatic rings. The Morgan fingerprint density at radius 2 is 1.72 bits per heavy atom. The number of aromatic nitrogens is 5. The van der Waals surface area contributed by atoms with E-state index in [0.717, 1.165) is 42.9 Å². The van der Waals surface area contributed by atoms with Gasteiger partial charge in [-0.05, 0) is 75.5 Å². The van der Waals surface area contributed by atoms with Crippen LogP contribution in [0.5, 0.6) is 0 Å². The van der Waals surface area contributed by atoms with Gasteiger partial charge in [-0.1, -0.05) is 0 Å². The van der Waals surface area contributed by atoms with E-state index in [1.165, 1.54) is 37.6 Å². The van der Waals surface area contributed by atoms with Crippen molar-refractivity contribution in [2.45, 2.75) is 50.2 Å². The van der Waals surface area contributed by atoms with Gasteiger partial charge in [-0.2, -0.15) is 0 Å². The number of carbonyl (C=O) groups is 1. The molecule has 5 heterocycles. The summed E-state index contributed by atoms with van der Waals surface area (Å²) in [6, 6.07) is 11.7. The maximum absolute atomic E-state index is 13.6. The van der Waals surface area contributed by atoms with Gasteiger partial charge in [0.15, 0.2) is 5.82 Å². The molecule has 2 atom stereocenters. The van der Waals surface area contributed by atoms with Crippen LogP contribution in [0.1, 0.15) is 48.6 Å². The molecule has 2 bridgehead atoms. The number of rotatable bonds is 6. The van der Waals surface area contributed by atoms with Crippen molar-refractivity contribution < 1.29 is 9.18 Å². The lowest BCUT2D eigenvalue weighted by Crippen LogP contribution is -2.52. The summed E-state index contributed by atoms with van der Waals surface area (Å²) >= 11 is 0. The Kier molecular flexibility index (Phi) is 5.92. The van der Waals surface area contributed by atoms with Crippen LogP contribution in [0.3, 0.4) is 0 Å². The number of carbonyl (C=O) groups excluding carboxylic acids is 1. The number of H-pyrrole nitrogens is 1. The Labute approximate surface area is 226 Å². The van der Waals surface area contributed by atoms with Crippen LogP contribution < -0.4 is 10.2 Å². The number of imidazole rings is 2. The number of pyridine rings is 1. The maximum Gasteiger partial charge on any atom is 0.274 e. The summed E-state index contributed by atoms with van der Waals surface area (Å²) in [5.41, 5.74) is 3.72. The predicted octanol–water partition coefficient (Wildman–Crippen LogP) is 4.73. The van der Waals surface area contributed by atoms with Gasteiger partial charge in [0.2, 0.25) is 0 Å². The van der Waals surface area contributed by atoms with Crippen molar-refractivity contribution in [2.24, 2.45) is 0 Å². The molecule has 3 aromatic heterocycles. The third-order valence-corrected chi connectivity index (χ3v) is 8.63. The molecule has 3 fully saturated rings. The highest BCUT2D eigenvalue weighted by Crippen LogP contribution is 2.39. The Balaban J connectivity index is 1.09. The second kappa shape index (κ2) is 9.60. The summed E-state index contributed by atoms with van der Waals surface area (Å²) in [6.45, 7) is 2.02. The van der Waals surface area contributed by atoms with Crippen molar-refractivity contribution in [3.8, 4) is 22.8 Å². The van der Waals surface area contributed by atoms with Crippen molar-refractivity contribution in [1.82, 2.24) is 29.4 Å². The monoisotopic (exact) mass is 526 g/mol. The second-order valence-electron chi connectivity index (χ2n) is 10.9. The molecular formula is C29H31FN8O. The van der Waals surface area contributed by atoms with Gasteiger partial charge >= 0.3 is 0 Å². The van der Waals surface area contributed by atoms with Gasteiger partial charge in [0.25, 0.3) is 5.91 Å². The molecule has 39 heavy (non-hydrogen) atoms. The topological polar surface area (TPSA) is 95.0 Å². The number of benzene rings is 1. The second-order valence-corrected chi connectivity index (χ2v) is 10.9. The third kappa shape index (κ3) is 4.38. The molecule has 0 radical (unpaired) electrons. The Hall–Kier alpha value is -4.05. The summed E-state index contributed by atoms with van der Waals surface area (Å²) in [7, 11) is 2.22. The van der Waals surface area contributed by atoms with Gasteiger partial charge in [0.05, 0.1) is 30.1 Å². The number of aromatic amines is 1. The van der Waals surface area contributed by atoms with E-state index in [0.29, 0.717) is 41.2 Å². The molecule has 1 aromatic carbocycles. The number of hydrogen-bond donors (Lipinski definition) is 2. The van der Waals surface area contributed by atoms with Crippen molar-refractivity contribution in [3.63, 3.8) is 0 Å². The van der Waals surface area contributed by atoms with E-state index in [9.17, 15) is 9.18 Å². The molecule has 1 amide bonds. The van der Waals surface area contributed by atoms with E-state index in [2.05, 4.69) is 46.7 Å². The number of anilines is 2. The van der Waals surface area contributed by atoms with Gasteiger partial charge in [0, 0.05) is 36.8 Å². The molecule has 2 aliphatic heterocycles. The normalized spacial score (nSPS) is 21.2. The van der Waals surface area contributed by atoms with Crippen LogP contribution in [0.4, 0.5) is 15.9 Å². The fourth-order valence-electron chi connectivity index (χ4n) is 6.07. The standard InChI is InChI=1S/C29H31FN8O/c1-36-22-9-10-23(36)16-37(15-22)21-11-12-25(31-13-21)35-29(39)24-14-32-28(34-24)27-26(18-5-7-19(30)8-6-18)33-17-38(27)20-3-2-4-20/h5-8,11-14,17,20,22-23H,2-4,9-10,15-16H2,1H3,(H,32,34)(H,31,35,39)/t22-,23+. The molecule has 1 saturated carbocycles. The summed E-state index contributed by atoms with van der Waals surface area (Å²) in [6.07, 6.45) is 11.0. The largest absolute Gasteiger partial charge is 0.367 e. The molecule has 2 N–H and O–H groups in total. The fourth-order valence-corrected chi connectivity index (χ4v) is 6.07. The van der Waals surface area contributed by atoms with Crippen LogP contribution in [0.15, 0.2) is 55.1 Å². The van der Waals surface area contributed by atoms with Gasteiger partial charge < -0.3 is 19.8 Å². The SMILES string of the molecule is CN1[C@@H]2CC[C@H]1CN(c1ccc(NC(=O)c3cnc(-c4c(-c5ccc(F)cc5)ncn4C4CCC4)[nH]3)nc1)C2. The minimum Gasteiger partial charge on any atom is -0.367 e. The van der Waals surface area contributed by atoms with Gasteiger partial charge in [-0.3, -0.25) is 9.69 Å². The smallest absolute Gasteiger partial charge is 0.274 e. The zero-order chi connectivity index (χ0) is 26.5. The highest BCUT2D eigenvalue weighted by molar-refractivity contribution is 6.02. The van der Waals surface area contributed by atoms with Crippen LogP contribution in [0.2, 0.25) is 0 Å². The molecule has 10 heteroatoms. The molecule has 7 rings (SSSR count). The molecule has 0 spiro atoms. The molecule has 200 valence electrons. The summed E-state index contributed by atoms with van der Waals surface area (Å²) in [5, 5.41) is 2.88. The molecule has 2 saturated heterocycles. The van der Waals surface area contributed by atoms with Crippen molar-refractivity contribution in [3.05, 3.63) is 66.6 Å². The molecular weight excluding hydrogens is 495 g/mol. The van der Waals surface area contributed by atoms with Crippen LogP contribution in [-0.4, -0.2) is 67.5 Å². The highest BCUT2D eigenvalue weighted by atomic mass is 19.1. The summed E-state index contributed by atoms with van der Waals surface area (Å²) < 4.78 is 15.7. The van der Waals surface area contributed by atoms with Gasteiger partial charge in [0.1, 0.15) is 23.0 Å². The van der Waals surface area contributed by atoms with E-state index in [1.54, 1.807) is 12.1 Å². The van der Waals surface area contributed by atoms with Crippen molar-refractivity contribution in [1.29, 1.82) is 0 Å². The fraction of sp³-hybridized carbons (Fsp3) is 0.379. The first-order valence-corrected chi connectivity index (χ1v) is 13.7. The Morgan fingerprint density at radius 1 is 0.949 bits per heavy atom. The van der Waals surface area contributed by atoms with Crippen LogP contribution >= 0.6 is 0 Å². The summed E-state index contributed by atoms with van der Waals surface area (Å²) in [5.74, 6) is 0.429. The van der Waals surface area contributed by atoms with E-state index in [1.807, 2.05) is 24.7 Å². The lowest BCUT2D eigenvalue weighted by Gasteiger charge is -2.40. The van der Waals surface area contributed by atoms with Crippen molar-refractivity contribution >= 4 is 17.4 Å². The van der Waals surface area contributed by atoms with E-state index in [-0.39, 0.29) is 11.7 Å². The van der Waals surface area contributed by atoms with Crippen LogP contribution in [0, 0.1) is 5.82 Å². The lowest BCUT2D eigenvalue weighted by atomic mass is 9.92. The molecule has 0 unspecified atom stereocenters. The number of likely N-dealkylation sites (N-methyl/N-ethyl adjacent to an activating group) is 1. The molecule has 9 nitrogen and oxygen atoms in total. The van der Waals surface area contributed by atoms with Crippen LogP contribution in [0.25, 0.3) is 22.8 Å². The number of nitrogens with one attached hydrogen (secondary N) is 2. The maximum atomic E-state index is 13.6. The van der Waals surface area contributed by atoms with E-state index >= 15 is 0 Å². The minimum atomic E-state index is -0.315. The highest BCUT2D eigenvalue weighted by Gasteiger charge is 2.37. The quantitative estimate of drug-likeness (QED) is 0.377. The van der Waals surface area contributed by atoms with E-state index in [4.69, 9.17) is 0 Å². The van der Waals surface area contributed by atoms with Crippen molar-refractivity contribution in [2.75, 3.05) is 30.4 Å². The lowest BCUT2D eigenvalue weighted by molar-refractivity contribution is 0.102. The van der Waals surface area contributed by atoms with Gasteiger partial charge in [-0.25, -0.2) is 19.3 Å². The molecule has 4 aromatic rings. The minimum absolute atomic E-state index is 0.298. The average Bonchev–Trinajstić information content (AvgIpc) is 3.60. The zero-order valence-electron chi connectivity index (χ0n) is 21.8. The average molecular weight is 527 g/mol. The predicted molar refractivity (Wildman–Crippen MR) is 147 cm³/mol. The number of halogens is 1. The molecule has 1 aliphatic carbocycles. The van der Waals surface area contributed by atoms with E-state index < -0.39 is 0 Å². The summed E-state index contributed by atoms with van der Waals surface area (Å²) in [4.78, 5) is 34.9. The number of fused-ring (bicyclic) bond motifs is 2. The zero-order valence-corrected chi connectivity index (χ0v) is 21.8. The number of nitrogens with zero attached hydrogens (tertiary/aromatic N) is 6. The Bertz CT molecular complexity index is 1480. The number of hydrogen-bond acceptors (Lipinski definition) is 6. The number of piperazine rings is 1. The van der Waals surface area contributed by atoms with Crippen LogP contribution in [-0.2, 0) is 0 Å². The first-order valence-electron chi connectivity index (χ1n) is 13.7. The Morgan fingerprint density at radius 3 is 2.38 bits per heavy atom. The first kappa shape index (κ1) is 24.0. The first-order chi connectivity index (χ1) is 19.0.